The molecule has 76 valence electrons. The van der Waals surface area contributed by atoms with Gasteiger partial charge >= 0.3 is 5.97 Å². The van der Waals surface area contributed by atoms with Crippen LogP contribution < -0.4 is 0 Å². The third-order valence-electron chi connectivity index (χ3n) is 2.01. The Labute approximate surface area is 88.3 Å². The molecule has 0 amide bonds. The monoisotopic (exact) mass is 210 g/mol. The summed E-state index contributed by atoms with van der Waals surface area (Å²) in [6.07, 6.45) is 4.27. The van der Waals surface area contributed by atoms with Gasteiger partial charge in [-0.2, -0.15) is 11.8 Å². The Hall–Kier alpha value is -0.960. The van der Waals surface area contributed by atoms with E-state index in [4.69, 9.17) is 5.11 Å². The molecule has 0 atom stereocenters. The van der Waals surface area contributed by atoms with Crippen LogP contribution in [-0.2, 0) is 6.42 Å². The second kappa shape index (κ2) is 5.70. The minimum Gasteiger partial charge on any atom is -0.478 e. The van der Waals surface area contributed by atoms with Gasteiger partial charge in [-0.25, -0.2) is 4.79 Å². The van der Waals surface area contributed by atoms with E-state index in [1.165, 1.54) is 5.56 Å². The van der Waals surface area contributed by atoms with Gasteiger partial charge in [0.15, 0.2) is 0 Å². The van der Waals surface area contributed by atoms with Crippen LogP contribution in [0.1, 0.15) is 22.3 Å². The van der Waals surface area contributed by atoms with Crippen molar-refractivity contribution in [2.45, 2.75) is 12.8 Å². The Balaban J connectivity index is 2.51. The van der Waals surface area contributed by atoms with Gasteiger partial charge in [-0.05, 0) is 42.5 Å². The molecule has 14 heavy (non-hydrogen) atoms. The molecular weight excluding hydrogens is 196 g/mol. The minimum absolute atomic E-state index is 0.360. The van der Waals surface area contributed by atoms with E-state index in [9.17, 15) is 4.79 Å². The van der Waals surface area contributed by atoms with Gasteiger partial charge in [-0.15, -0.1) is 0 Å². The summed E-state index contributed by atoms with van der Waals surface area (Å²) >= 11 is 1.83. The largest absolute Gasteiger partial charge is 0.478 e. The van der Waals surface area contributed by atoms with E-state index in [1.54, 1.807) is 12.1 Å². The van der Waals surface area contributed by atoms with E-state index in [1.807, 2.05) is 23.9 Å². The van der Waals surface area contributed by atoms with Crippen LogP contribution in [0.2, 0.25) is 0 Å². The highest BCUT2D eigenvalue weighted by molar-refractivity contribution is 7.98. The second-order valence-electron chi connectivity index (χ2n) is 3.10. The summed E-state index contributed by atoms with van der Waals surface area (Å²) in [5.74, 6) is 0.293. The van der Waals surface area contributed by atoms with Crippen molar-refractivity contribution in [1.29, 1.82) is 0 Å². The zero-order chi connectivity index (χ0) is 10.4. The summed E-state index contributed by atoms with van der Waals surface area (Å²) in [5.41, 5.74) is 1.57. The van der Waals surface area contributed by atoms with Gasteiger partial charge in [-0.3, -0.25) is 0 Å². The molecule has 0 unspecified atom stereocenters. The first-order valence-corrected chi connectivity index (χ1v) is 5.94. The summed E-state index contributed by atoms with van der Waals surface area (Å²) in [6, 6.07) is 7.11. The number of benzene rings is 1. The predicted molar refractivity (Wildman–Crippen MR) is 60.1 cm³/mol. The Kier molecular flexibility index (Phi) is 4.53. The van der Waals surface area contributed by atoms with Crippen molar-refractivity contribution >= 4 is 17.7 Å². The molecule has 0 saturated carbocycles. The van der Waals surface area contributed by atoms with Crippen LogP contribution in [0.15, 0.2) is 24.3 Å². The summed E-state index contributed by atoms with van der Waals surface area (Å²) in [5, 5.41) is 8.69. The third-order valence-corrected chi connectivity index (χ3v) is 2.71. The maximum atomic E-state index is 10.6. The Morgan fingerprint density at radius 1 is 1.36 bits per heavy atom. The SMILES string of the molecule is CSCCCc1ccc(C(=O)O)cc1. The molecule has 0 aliphatic rings. The summed E-state index contributed by atoms with van der Waals surface area (Å²) in [7, 11) is 0. The molecular formula is C11H14O2S. The Bertz CT molecular complexity index is 293. The first-order valence-electron chi connectivity index (χ1n) is 4.55. The van der Waals surface area contributed by atoms with Crippen LogP contribution in [0.3, 0.4) is 0 Å². The van der Waals surface area contributed by atoms with Crippen molar-refractivity contribution < 1.29 is 9.90 Å². The third kappa shape index (κ3) is 3.42. The van der Waals surface area contributed by atoms with Gasteiger partial charge in [0.1, 0.15) is 0 Å². The van der Waals surface area contributed by atoms with E-state index in [0.717, 1.165) is 18.6 Å². The number of thioether (sulfide) groups is 1. The van der Waals surface area contributed by atoms with Crippen LogP contribution in [0.25, 0.3) is 0 Å². The number of carbonyl (C=O) groups is 1. The molecule has 0 aromatic heterocycles. The molecule has 0 radical (unpaired) electrons. The molecule has 0 bridgehead atoms. The van der Waals surface area contributed by atoms with Crippen LogP contribution in [0.4, 0.5) is 0 Å². The van der Waals surface area contributed by atoms with E-state index >= 15 is 0 Å². The molecule has 0 spiro atoms. The van der Waals surface area contributed by atoms with Gasteiger partial charge in [0.2, 0.25) is 0 Å². The van der Waals surface area contributed by atoms with E-state index in [2.05, 4.69) is 6.26 Å². The number of hydrogen-bond acceptors (Lipinski definition) is 2. The van der Waals surface area contributed by atoms with Crippen molar-refractivity contribution in [3.05, 3.63) is 35.4 Å². The second-order valence-corrected chi connectivity index (χ2v) is 4.08. The maximum absolute atomic E-state index is 10.6. The molecule has 0 fully saturated rings. The van der Waals surface area contributed by atoms with Gasteiger partial charge < -0.3 is 5.11 Å². The highest BCUT2D eigenvalue weighted by Gasteiger charge is 2.00. The Morgan fingerprint density at radius 2 is 2.00 bits per heavy atom. The fourth-order valence-electron chi connectivity index (χ4n) is 1.23. The molecule has 0 saturated heterocycles. The lowest BCUT2D eigenvalue weighted by Gasteiger charge is -2.00. The predicted octanol–water partition coefficient (Wildman–Crippen LogP) is 2.68. The quantitative estimate of drug-likeness (QED) is 0.759. The molecule has 0 aliphatic heterocycles. The topological polar surface area (TPSA) is 37.3 Å². The van der Waals surface area contributed by atoms with Crippen molar-refractivity contribution in [3.63, 3.8) is 0 Å². The lowest BCUT2D eigenvalue weighted by molar-refractivity contribution is 0.0697. The van der Waals surface area contributed by atoms with Crippen LogP contribution >= 0.6 is 11.8 Å². The number of carboxylic acids is 1. The molecule has 3 heteroatoms. The molecule has 1 aromatic carbocycles. The summed E-state index contributed by atoms with van der Waals surface area (Å²) < 4.78 is 0. The average molecular weight is 210 g/mol. The summed E-state index contributed by atoms with van der Waals surface area (Å²) in [6.45, 7) is 0. The fraction of sp³-hybridized carbons (Fsp3) is 0.364. The molecule has 1 N–H and O–H groups in total. The lowest BCUT2D eigenvalue weighted by atomic mass is 10.1. The van der Waals surface area contributed by atoms with E-state index < -0.39 is 5.97 Å². The van der Waals surface area contributed by atoms with Crippen molar-refractivity contribution in [2.75, 3.05) is 12.0 Å². The minimum atomic E-state index is -0.860. The van der Waals surface area contributed by atoms with Gasteiger partial charge in [0.25, 0.3) is 0 Å². The Morgan fingerprint density at radius 3 is 2.50 bits per heavy atom. The maximum Gasteiger partial charge on any atom is 0.335 e. The zero-order valence-corrected chi connectivity index (χ0v) is 9.01. The first-order chi connectivity index (χ1) is 6.74. The highest BCUT2D eigenvalue weighted by atomic mass is 32.2. The zero-order valence-electron chi connectivity index (χ0n) is 8.19. The van der Waals surface area contributed by atoms with Crippen LogP contribution in [0.5, 0.6) is 0 Å². The van der Waals surface area contributed by atoms with Crippen LogP contribution in [-0.4, -0.2) is 23.1 Å². The number of aromatic carboxylic acids is 1. The van der Waals surface area contributed by atoms with Crippen LogP contribution in [0, 0.1) is 0 Å². The van der Waals surface area contributed by atoms with Crippen molar-refractivity contribution in [2.24, 2.45) is 0 Å². The van der Waals surface area contributed by atoms with Gasteiger partial charge in [-0.1, -0.05) is 12.1 Å². The average Bonchev–Trinajstić information content (AvgIpc) is 2.19. The fourth-order valence-corrected chi connectivity index (χ4v) is 1.67. The van der Waals surface area contributed by atoms with Gasteiger partial charge in [0, 0.05) is 0 Å². The summed E-state index contributed by atoms with van der Waals surface area (Å²) in [4.78, 5) is 10.6. The van der Waals surface area contributed by atoms with E-state index in [-0.39, 0.29) is 0 Å². The standard InChI is InChI=1S/C11H14O2S/c1-14-8-2-3-9-4-6-10(7-5-9)11(12)13/h4-7H,2-3,8H2,1H3,(H,12,13). The number of rotatable bonds is 5. The number of hydrogen-bond donors (Lipinski definition) is 1. The molecule has 0 heterocycles. The molecule has 0 aliphatic carbocycles. The van der Waals surface area contributed by atoms with E-state index in [0.29, 0.717) is 5.56 Å². The highest BCUT2D eigenvalue weighted by Crippen LogP contribution is 2.08. The van der Waals surface area contributed by atoms with Crippen molar-refractivity contribution in [1.82, 2.24) is 0 Å². The molecule has 2 nitrogen and oxygen atoms in total. The lowest BCUT2D eigenvalue weighted by Crippen LogP contribution is -1.96. The normalized spacial score (nSPS) is 10.1. The number of aryl methyl sites for hydroxylation is 1. The molecule has 1 rings (SSSR count). The van der Waals surface area contributed by atoms with Crippen molar-refractivity contribution in [3.8, 4) is 0 Å². The molecule has 1 aromatic rings. The smallest absolute Gasteiger partial charge is 0.335 e. The number of carboxylic acid groups (broad SMARTS) is 1. The van der Waals surface area contributed by atoms with Gasteiger partial charge in [0.05, 0.1) is 5.56 Å². The first kappa shape index (κ1) is 11.1.